The molecule has 0 aliphatic rings. The Morgan fingerprint density at radius 3 is 2.93 bits per heavy atom. The largest absolute Gasteiger partial charge is 0.497 e. The molecule has 0 aliphatic heterocycles. The van der Waals surface area contributed by atoms with E-state index in [2.05, 4.69) is 9.97 Å². The molecule has 0 unspecified atom stereocenters. The number of hydrogen-bond donors (Lipinski definition) is 0. The molecule has 0 bridgehead atoms. The number of fused-ring (bicyclic) bond motifs is 1. The lowest BCUT2D eigenvalue weighted by Crippen LogP contribution is -2.22. The van der Waals surface area contributed by atoms with Gasteiger partial charge < -0.3 is 13.9 Å². The Labute approximate surface area is 175 Å². The molecule has 8 nitrogen and oxygen atoms in total. The van der Waals surface area contributed by atoms with Crippen LogP contribution in [0.1, 0.15) is 28.7 Å². The van der Waals surface area contributed by atoms with Crippen LogP contribution < -0.4 is 10.3 Å². The van der Waals surface area contributed by atoms with E-state index in [1.54, 1.807) is 21.0 Å². The normalized spacial score (nSPS) is 11.0. The van der Waals surface area contributed by atoms with Crippen molar-refractivity contribution in [1.29, 1.82) is 0 Å². The zero-order valence-corrected chi connectivity index (χ0v) is 17.5. The SMILES string of the molecule is CCOC(=O)c1c(C)oc2ncn(Cc3csc(-c4cccc(OC)c4)n3)c(=O)c12. The van der Waals surface area contributed by atoms with Gasteiger partial charge in [-0.25, -0.2) is 14.8 Å². The molecule has 4 aromatic rings. The highest BCUT2D eigenvalue weighted by atomic mass is 32.1. The third kappa shape index (κ3) is 3.59. The smallest absolute Gasteiger partial charge is 0.342 e. The molecule has 0 atom stereocenters. The monoisotopic (exact) mass is 425 g/mol. The van der Waals surface area contributed by atoms with E-state index >= 15 is 0 Å². The van der Waals surface area contributed by atoms with Crippen LogP contribution in [0, 0.1) is 6.92 Å². The van der Waals surface area contributed by atoms with Crippen LogP contribution in [0.5, 0.6) is 5.75 Å². The van der Waals surface area contributed by atoms with Gasteiger partial charge in [-0.1, -0.05) is 12.1 Å². The summed E-state index contributed by atoms with van der Waals surface area (Å²) < 4.78 is 17.2. The number of carbonyl (C=O) groups is 1. The van der Waals surface area contributed by atoms with Gasteiger partial charge in [0.25, 0.3) is 5.56 Å². The molecular weight excluding hydrogens is 406 g/mol. The zero-order chi connectivity index (χ0) is 21.3. The maximum Gasteiger partial charge on any atom is 0.342 e. The average Bonchev–Trinajstić information content (AvgIpc) is 3.34. The maximum absolute atomic E-state index is 13.1. The van der Waals surface area contributed by atoms with Gasteiger partial charge in [0, 0.05) is 10.9 Å². The standard InChI is InChI=1S/C21H19N3O5S/c1-4-28-21(26)16-12(2)29-18-17(16)20(25)24(11-22-18)9-14-10-30-19(23-14)13-6-5-7-15(8-13)27-3/h5-8,10-11H,4,9H2,1-3H3. The van der Waals surface area contributed by atoms with Gasteiger partial charge >= 0.3 is 5.97 Å². The third-order valence-corrected chi connectivity index (χ3v) is 5.48. The van der Waals surface area contributed by atoms with Gasteiger partial charge in [0.15, 0.2) is 0 Å². The molecule has 0 saturated carbocycles. The second kappa shape index (κ2) is 8.11. The van der Waals surface area contributed by atoms with Crippen LogP contribution in [-0.2, 0) is 11.3 Å². The van der Waals surface area contributed by atoms with Crippen LogP contribution in [0.25, 0.3) is 21.7 Å². The van der Waals surface area contributed by atoms with E-state index in [-0.39, 0.29) is 35.4 Å². The fourth-order valence-electron chi connectivity index (χ4n) is 3.14. The summed E-state index contributed by atoms with van der Waals surface area (Å²) >= 11 is 1.47. The molecule has 3 heterocycles. The number of hydrogen-bond acceptors (Lipinski definition) is 8. The molecule has 0 fully saturated rings. The Kier molecular flexibility index (Phi) is 5.37. The van der Waals surface area contributed by atoms with Crippen LogP contribution >= 0.6 is 11.3 Å². The van der Waals surface area contributed by atoms with Crippen molar-refractivity contribution < 1.29 is 18.7 Å². The van der Waals surface area contributed by atoms with Gasteiger partial charge in [-0.15, -0.1) is 11.3 Å². The first-order chi connectivity index (χ1) is 14.5. The van der Waals surface area contributed by atoms with E-state index in [1.165, 1.54) is 22.2 Å². The van der Waals surface area contributed by atoms with Gasteiger partial charge in [0.2, 0.25) is 5.71 Å². The highest BCUT2D eigenvalue weighted by Crippen LogP contribution is 2.27. The molecule has 0 N–H and O–H groups in total. The van der Waals surface area contributed by atoms with E-state index < -0.39 is 5.97 Å². The molecule has 30 heavy (non-hydrogen) atoms. The van der Waals surface area contributed by atoms with Crippen molar-refractivity contribution in [3.05, 3.63) is 63.3 Å². The number of nitrogens with zero attached hydrogens (tertiary/aromatic N) is 3. The average molecular weight is 425 g/mol. The van der Waals surface area contributed by atoms with E-state index in [1.807, 2.05) is 29.6 Å². The number of benzene rings is 1. The minimum absolute atomic E-state index is 0.118. The molecule has 9 heteroatoms. The Morgan fingerprint density at radius 1 is 1.33 bits per heavy atom. The Balaban J connectivity index is 1.69. The van der Waals surface area contributed by atoms with E-state index in [9.17, 15) is 9.59 Å². The fraction of sp³-hybridized carbons (Fsp3) is 0.238. The molecular formula is C21H19N3O5S. The highest BCUT2D eigenvalue weighted by molar-refractivity contribution is 7.13. The van der Waals surface area contributed by atoms with E-state index in [0.29, 0.717) is 11.5 Å². The zero-order valence-electron chi connectivity index (χ0n) is 16.7. The summed E-state index contributed by atoms with van der Waals surface area (Å²) in [5.74, 6) is 0.455. The lowest BCUT2D eigenvalue weighted by Gasteiger charge is -2.04. The van der Waals surface area contributed by atoms with Crippen molar-refractivity contribution in [2.75, 3.05) is 13.7 Å². The third-order valence-electron chi connectivity index (χ3n) is 4.54. The molecule has 0 radical (unpaired) electrons. The summed E-state index contributed by atoms with van der Waals surface area (Å²) in [5.41, 5.74) is 1.50. The molecule has 0 spiro atoms. The fourth-order valence-corrected chi connectivity index (χ4v) is 3.95. The molecule has 4 rings (SSSR count). The number of carbonyl (C=O) groups excluding carboxylic acids is 1. The number of methoxy groups -OCH3 is 1. The van der Waals surface area contributed by atoms with Crippen molar-refractivity contribution in [2.24, 2.45) is 0 Å². The Morgan fingerprint density at radius 2 is 2.17 bits per heavy atom. The van der Waals surface area contributed by atoms with Crippen LogP contribution in [0.4, 0.5) is 0 Å². The lowest BCUT2D eigenvalue weighted by molar-refractivity contribution is 0.0526. The Bertz CT molecular complexity index is 1290. The molecule has 3 aromatic heterocycles. The second-order valence-corrected chi connectivity index (χ2v) is 7.35. The first kappa shape index (κ1) is 19.8. The minimum Gasteiger partial charge on any atom is -0.497 e. The van der Waals surface area contributed by atoms with Crippen LogP contribution in [0.15, 0.2) is 45.2 Å². The summed E-state index contributed by atoms with van der Waals surface area (Å²) in [5, 5.41) is 2.83. The van der Waals surface area contributed by atoms with E-state index in [4.69, 9.17) is 13.9 Å². The number of aryl methyl sites for hydroxylation is 1. The summed E-state index contributed by atoms with van der Waals surface area (Å²) in [4.78, 5) is 34.2. The summed E-state index contributed by atoms with van der Waals surface area (Å²) in [7, 11) is 1.62. The topological polar surface area (TPSA) is 96.4 Å². The van der Waals surface area contributed by atoms with Gasteiger partial charge in [-0.3, -0.25) is 9.36 Å². The first-order valence-electron chi connectivity index (χ1n) is 9.26. The van der Waals surface area contributed by atoms with Crippen LogP contribution in [0.2, 0.25) is 0 Å². The van der Waals surface area contributed by atoms with Gasteiger partial charge in [-0.05, 0) is 26.0 Å². The van der Waals surface area contributed by atoms with Crippen molar-refractivity contribution in [3.63, 3.8) is 0 Å². The number of esters is 1. The lowest BCUT2D eigenvalue weighted by atomic mass is 10.2. The summed E-state index contributed by atoms with van der Waals surface area (Å²) in [6.45, 7) is 3.73. The molecule has 0 amide bonds. The molecule has 154 valence electrons. The van der Waals surface area contributed by atoms with Crippen molar-refractivity contribution in [1.82, 2.24) is 14.5 Å². The number of rotatable bonds is 6. The molecule has 0 saturated heterocycles. The highest BCUT2D eigenvalue weighted by Gasteiger charge is 2.24. The predicted molar refractivity (Wildman–Crippen MR) is 112 cm³/mol. The molecule has 0 aliphatic carbocycles. The summed E-state index contributed by atoms with van der Waals surface area (Å²) in [6, 6.07) is 7.62. The predicted octanol–water partition coefficient (Wildman–Crippen LogP) is 3.66. The van der Waals surface area contributed by atoms with E-state index in [0.717, 1.165) is 16.3 Å². The van der Waals surface area contributed by atoms with Gasteiger partial charge in [-0.2, -0.15) is 0 Å². The van der Waals surface area contributed by atoms with Gasteiger partial charge in [0.05, 0.1) is 26.0 Å². The van der Waals surface area contributed by atoms with Crippen molar-refractivity contribution >= 4 is 28.4 Å². The molecule has 1 aromatic carbocycles. The quantitative estimate of drug-likeness (QED) is 0.435. The van der Waals surface area contributed by atoms with Gasteiger partial charge in [0.1, 0.15) is 33.8 Å². The first-order valence-corrected chi connectivity index (χ1v) is 10.1. The van der Waals surface area contributed by atoms with Crippen LogP contribution in [0.3, 0.4) is 0 Å². The number of aromatic nitrogens is 3. The number of ether oxygens (including phenoxy) is 2. The summed E-state index contributed by atoms with van der Waals surface area (Å²) in [6.07, 6.45) is 1.40. The second-order valence-electron chi connectivity index (χ2n) is 6.49. The van der Waals surface area contributed by atoms with Crippen molar-refractivity contribution in [2.45, 2.75) is 20.4 Å². The maximum atomic E-state index is 13.1. The Hall–Kier alpha value is -3.46. The van der Waals surface area contributed by atoms with Crippen molar-refractivity contribution in [3.8, 4) is 16.3 Å². The van der Waals surface area contributed by atoms with Crippen LogP contribution in [-0.4, -0.2) is 34.2 Å². The minimum atomic E-state index is -0.598. The number of furan rings is 1. The number of thiazole rings is 1.